The van der Waals surface area contributed by atoms with Gasteiger partial charge in [-0.1, -0.05) is 19.9 Å². The van der Waals surface area contributed by atoms with Crippen LogP contribution in [0.1, 0.15) is 31.2 Å². The molecule has 0 aliphatic carbocycles. The van der Waals surface area contributed by atoms with Crippen LogP contribution in [0.3, 0.4) is 0 Å². The first-order chi connectivity index (χ1) is 12.8. The van der Waals surface area contributed by atoms with Gasteiger partial charge in [0.05, 0.1) is 12.4 Å². The molecule has 3 heterocycles. The number of thiophene rings is 1. The summed E-state index contributed by atoms with van der Waals surface area (Å²) in [6, 6.07) is 3.78. The summed E-state index contributed by atoms with van der Waals surface area (Å²) in [6.45, 7) is 3.85. The topological polar surface area (TPSA) is 90.9 Å². The van der Waals surface area contributed by atoms with Gasteiger partial charge in [-0.3, -0.25) is 14.2 Å². The highest BCUT2D eigenvalue weighted by Crippen LogP contribution is 2.25. The molecule has 3 rings (SSSR count). The number of nitrogens with zero attached hydrogens (tertiary/aromatic N) is 4. The highest BCUT2D eigenvalue weighted by molar-refractivity contribution is 7.10. The number of imidazole rings is 1. The molecular weight excluding hydrogens is 366 g/mol. The van der Waals surface area contributed by atoms with Gasteiger partial charge in [-0.15, -0.1) is 11.3 Å². The predicted molar refractivity (Wildman–Crippen MR) is 105 cm³/mol. The maximum atomic E-state index is 12.7. The third-order valence-electron chi connectivity index (χ3n) is 4.43. The third-order valence-corrected chi connectivity index (χ3v) is 5.42. The van der Waals surface area contributed by atoms with Gasteiger partial charge in [0.1, 0.15) is 6.54 Å². The lowest BCUT2D eigenvalue weighted by molar-refractivity contribution is -0.122. The summed E-state index contributed by atoms with van der Waals surface area (Å²) in [5.74, 6) is 0.0218. The van der Waals surface area contributed by atoms with Crippen LogP contribution in [0.4, 0.5) is 0 Å². The van der Waals surface area contributed by atoms with Gasteiger partial charge in [0.15, 0.2) is 11.2 Å². The van der Waals surface area contributed by atoms with E-state index in [0.717, 1.165) is 15.9 Å². The van der Waals surface area contributed by atoms with E-state index in [1.807, 2.05) is 17.5 Å². The smallest absolute Gasteiger partial charge is 0.332 e. The van der Waals surface area contributed by atoms with Gasteiger partial charge >= 0.3 is 5.69 Å². The Balaban J connectivity index is 1.90. The Hall–Kier alpha value is -2.68. The lowest BCUT2D eigenvalue weighted by Gasteiger charge is -2.20. The minimum atomic E-state index is -0.558. The molecule has 0 saturated heterocycles. The number of aryl methyl sites for hydroxylation is 2. The Morgan fingerprint density at radius 2 is 2.04 bits per heavy atom. The summed E-state index contributed by atoms with van der Waals surface area (Å²) >= 11 is 1.57. The Morgan fingerprint density at radius 1 is 1.30 bits per heavy atom. The summed E-state index contributed by atoms with van der Waals surface area (Å²) in [4.78, 5) is 43.0. The van der Waals surface area contributed by atoms with Gasteiger partial charge in [0, 0.05) is 19.0 Å². The minimum absolute atomic E-state index is 0.141. The lowest BCUT2D eigenvalue weighted by Crippen LogP contribution is -2.44. The number of rotatable bonds is 6. The van der Waals surface area contributed by atoms with Crippen LogP contribution < -0.4 is 16.6 Å². The molecule has 1 atom stereocenters. The first-order valence-electron chi connectivity index (χ1n) is 8.73. The van der Waals surface area contributed by atoms with Crippen molar-refractivity contribution in [1.82, 2.24) is 24.0 Å². The standard InChI is InChI=1S/C18H23N5O3S/c1-11(2)8-12(13-6-5-7-27-13)20-14(24)9-23-17(25)15-16(19-10-21(15)3)22(4)18(23)26/h5-7,10-12H,8-9H2,1-4H3,(H,20,24). The zero-order valence-electron chi connectivity index (χ0n) is 15.8. The van der Waals surface area contributed by atoms with Crippen LogP contribution in [0.5, 0.6) is 0 Å². The van der Waals surface area contributed by atoms with Crippen molar-refractivity contribution in [2.45, 2.75) is 32.9 Å². The average Bonchev–Trinajstić information content (AvgIpc) is 3.25. The number of carbonyl (C=O) groups is 1. The van der Waals surface area contributed by atoms with E-state index in [9.17, 15) is 14.4 Å². The number of hydrogen-bond donors (Lipinski definition) is 1. The summed E-state index contributed by atoms with van der Waals surface area (Å²) in [5.41, 5.74) is -0.472. The van der Waals surface area contributed by atoms with E-state index in [4.69, 9.17) is 0 Å². The number of aromatic nitrogens is 4. The monoisotopic (exact) mass is 389 g/mol. The molecule has 3 aromatic rings. The second-order valence-corrected chi connectivity index (χ2v) is 8.00. The summed E-state index contributed by atoms with van der Waals surface area (Å²) < 4.78 is 3.80. The second-order valence-electron chi connectivity index (χ2n) is 7.03. The van der Waals surface area contributed by atoms with Crippen molar-refractivity contribution in [2.75, 3.05) is 0 Å². The average molecular weight is 389 g/mol. The van der Waals surface area contributed by atoms with Gasteiger partial charge < -0.3 is 9.88 Å². The molecule has 0 aromatic carbocycles. The van der Waals surface area contributed by atoms with Crippen LogP contribution >= 0.6 is 11.3 Å². The Labute approximate surface area is 160 Å². The summed E-state index contributed by atoms with van der Waals surface area (Å²) in [7, 11) is 3.22. The molecule has 0 bridgehead atoms. The molecule has 0 fully saturated rings. The number of hydrogen-bond acceptors (Lipinski definition) is 5. The normalized spacial score (nSPS) is 12.6. The first-order valence-corrected chi connectivity index (χ1v) is 9.61. The molecule has 1 N–H and O–H groups in total. The molecule has 27 heavy (non-hydrogen) atoms. The quantitative estimate of drug-likeness (QED) is 0.690. The Bertz CT molecular complexity index is 1080. The van der Waals surface area contributed by atoms with Gasteiger partial charge in [-0.25, -0.2) is 14.3 Å². The fourth-order valence-electron chi connectivity index (χ4n) is 3.13. The minimum Gasteiger partial charge on any atom is -0.347 e. The molecule has 0 aliphatic heterocycles. The van der Waals surface area contributed by atoms with E-state index >= 15 is 0 Å². The molecule has 9 heteroatoms. The molecule has 0 saturated carbocycles. The molecule has 3 aromatic heterocycles. The Kier molecular flexibility index (Phi) is 5.31. The van der Waals surface area contributed by atoms with Gasteiger partial charge in [0.2, 0.25) is 5.91 Å². The Morgan fingerprint density at radius 3 is 2.67 bits per heavy atom. The molecule has 0 aliphatic rings. The van der Waals surface area contributed by atoms with Crippen molar-refractivity contribution >= 4 is 28.4 Å². The fraction of sp³-hybridized carbons (Fsp3) is 0.444. The fourth-order valence-corrected chi connectivity index (χ4v) is 3.92. The van der Waals surface area contributed by atoms with Crippen molar-refractivity contribution in [3.05, 3.63) is 49.6 Å². The van der Waals surface area contributed by atoms with Gasteiger partial charge in [-0.05, 0) is 23.8 Å². The van der Waals surface area contributed by atoms with Crippen LogP contribution in [-0.2, 0) is 25.4 Å². The predicted octanol–water partition coefficient (Wildman–Crippen LogP) is 1.40. The number of amides is 1. The van der Waals surface area contributed by atoms with Crippen molar-refractivity contribution < 1.29 is 4.79 Å². The second kappa shape index (κ2) is 7.51. The van der Waals surface area contributed by atoms with E-state index in [2.05, 4.69) is 24.1 Å². The molecular formula is C18H23N5O3S. The number of fused-ring (bicyclic) bond motifs is 1. The van der Waals surface area contributed by atoms with E-state index in [0.29, 0.717) is 17.1 Å². The number of carbonyl (C=O) groups excluding carboxylic acids is 1. The number of nitrogens with one attached hydrogen (secondary N) is 1. The van der Waals surface area contributed by atoms with Crippen molar-refractivity contribution in [1.29, 1.82) is 0 Å². The third kappa shape index (κ3) is 3.73. The van der Waals surface area contributed by atoms with Crippen molar-refractivity contribution in [2.24, 2.45) is 20.0 Å². The molecule has 8 nitrogen and oxygen atoms in total. The van der Waals surface area contributed by atoms with Crippen molar-refractivity contribution in [3.63, 3.8) is 0 Å². The molecule has 144 valence electrons. The lowest BCUT2D eigenvalue weighted by atomic mass is 10.0. The highest BCUT2D eigenvalue weighted by atomic mass is 32.1. The molecule has 1 amide bonds. The van der Waals surface area contributed by atoms with E-state index in [1.165, 1.54) is 10.9 Å². The zero-order valence-corrected chi connectivity index (χ0v) is 16.6. The van der Waals surface area contributed by atoms with Gasteiger partial charge in [-0.2, -0.15) is 0 Å². The van der Waals surface area contributed by atoms with Crippen LogP contribution in [0.25, 0.3) is 11.2 Å². The SMILES string of the molecule is CC(C)CC(NC(=O)Cn1c(=O)c2c(ncn2C)n(C)c1=O)c1cccs1. The molecule has 0 spiro atoms. The van der Waals surface area contributed by atoms with E-state index in [1.54, 1.807) is 30.0 Å². The molecule has 1 unspecified atom stereocenters. The largest absolute Gasteiger partial charge is 0.347 e. The van der Waals surface area contributed by atoms with E-state index < -0.39 is 11.2 Å². The first kappa shape index (κ1) is 19.1. The van der Waals surface area contributed by atoms with Crippen LogP contribution in [0, 0.1) is 5.92 Å². The highest BCUT2D eigenvalue weighted by Gasteiger charge is 2.20. The molecule has 0 radical (unpaired) electrons. The van der Waals surface area contributed by atoms with Crippen LogP contribution in [0.15, 0.2) is 33.4 Å². The van der Waals surface area contributed by atoms with Gasteiger partial charge in [0.25, 0.3) is 5.56 Å². The van der Waals surface area contributed by atoms with Crippen LogP contribution in [-0.4, -0.2) is 24.6 Å². The van der Waals surface area contributed by atoms with Crippen LogP contribution in [0.2, 0.25) is 0 Å². The maximum Gasteiger partial charge on any atom is 0.332 e. The summed E-state index contributed by atoms with van der Waals surface area (Å²) in [5, 5.41) is 4.93. The van der Waals surface area contributed by atoms with Crippen molar-refractivity contribution in [3.8, 4) is 0 Å². The zero-order chi connectivity index (χ0) is 19.7. The summed E-state index contributed by atoms with van der Waals surface area (Å²) in [6.07, 6.45) is 2.26. The maximum absolute atomic E-state index is 12.7. The van der Waals surface area contributed by atoms with E-state index in [-0.39, 0.29) is 18.5 Å².